The van der Waals surface area contributed by atoms with Crippen molar-refractivity contribution < 1.29 is 9.47 Å². The lowest BCUT2D eigenvalue weighted by molar-refractivity contribution is 0.0964. The Morgan fingerprint density at radius 3 is 2.62 bits per heavy atom. The molecule has 0 spiro atoms. The van der Waals surface area contributed by atoms with Gasteiger partial charge in [0.25, 0.3) is 0 Å². The summed E-state index contributed by atoms with van der Waals surface area (Å²) in [6.07, 6.45) is 2.23. The van der Waals surface area contributed by atoms with Crippen molar-refractivity contribution in [1.82, 2.24) is 10.3 Å². The van der Waals surface area contributed by atoms with E-state index < -0.39 is 0 Å². The predicted octanol–water partition coefficient (Wildman–Crippen LogP) is 3.82. The summed E-state index contributed by atoms with van der Waals surface area (Å²) in [5.41, 5.74) is 0.825. The highest BCUT2D eigenvalue weighted by Gasteiger charge is 2.11. The standard InChI is InChI=1S/C16H27ClN2O2/c1-5-6-9-20-10-11-21-15-8-7-13(17)14(19-15)12-18-16(2,3)4/h7-8,18H,5-6,9-12H2,1-4H3. The zero-order valence-electron chi connectivity index (χ0n) is 13.5. The first-order chi connectivity index (χ1) is 9.92. The van der Waals surface area contributed by atoms with E-state index in [-0.39, 0.29) is 5.54 Å². The van der Waals surface area contributed by atoms with Crippen LogP contribution in [0.5, 0.6) is 5.88 Å². The highest BCUT2D eigenvalue weighted by molar-refractivity contribution is 6.31. The molecule has 0 aliphatic carbocycles. The van der Waals surface area contributed by atoms with Gasteiger partial charge in [-0.1, -0.05) is 24.9 Å². The summed E-state index contributed by atoms with van der Waals surface area (Å²) in [6.45, 7) is 11.0. The summed E-state index contributed by atoms with van der Waals surface area (Å²) < 4.78 is 11.0. The number of aromatic nitrogens is 1. The fourth-order valence-corrected chi connectivity index (χ4v) is 1.74. The van der Waals surface area contributed by atoms with Crippen molar-refractivity contribution in [2.45, 2.75) is 52.6 Å². The van der Waals surface area contributed by atoms with Crippen LogP contribution in [0.1, 0.15) is 46.2 Å². The van der Waals surface area contributed by atoms with Crippen LogP contribution < -0.4 is 10.1 Å². The Balaban J connectivity index is 2.41. The minimum absolute atomic E-state index is 0.0228. The van der Waals surface area contributed by atoms with Crippen molar-refractivity contribution in [3.63, 3.8) is 0 Å². The SMILES string of the molecule is CCCCOCCOc1ccc(Cl)c(CNC(C)(C)C)n1. The number of unbranched alkanes of at least 4 members (excludes halogenated alkanes) is 1. The van der Waals surface area contributed by atoms with E-state index in [4.69, 9.17) is 21.1 Å². The van der Waals surface area contributed by atoms with Crippen LogP contribution in [0.4, 0.5) is 0 Å². The number of pyridine rings is 1. The van der Waals surface area contributed by atoms with Crippen LogP contribution in [-0.4, -0.2) is 30.3 Å². The summed E-state index contributed by atoms with van der Waals surface area (Å²) >= 11 is 6.16. The number of rotatable bonds is 9. The molecule has 0 unspecified atom stereocenters. The fourth-order valence-electron chi connectivity index (χ4n) is 1.57. The Kier molecular flexibility index (Phi) is 8.01. The number of nitrogens with one attached hydrogen (secondary N) is 1. The van der Waals surface area contributed by atoms with Crippen molar-refractivity contribution in [2.24, 2.45) is 0 Å². The molecule has 5 heteroatoms. The van der Waals surface area contributed by atoms with Crippen LogP contribution in [0, 0.1) is 0 Å². The van der Waals surface area contributed by atoms with Gasteiger partial charge in [-0.25, -0.2) is 4.98 Å². The molecule has 0 atom stereocenters. The fraction of sp³-hybridized carbons (Fsp3) is 0.688. The van der Waals surface area contributed by atoms with Crippen LogP contribution in [0.3, 0.4) is 0 Å². The lowest BCUT2D eigenvalue weighted by Gasteiger charge is -2.20. The summed E-state index contributed by atoms with van der Waals surface area (Å²) in [7, 11) is 0. The molecule has 0 aliphatic heterocycles. The van der Waals surface area contributed by atoms with Gasteiger partial charge >= 0.3 is 0 Å². The monoisotopic (exact) mass is 314 g/mol. The molecule has 21 heavy (non-hydrogen) atoms. The number of nitrogens with zero attached hydrogens (tertiary/aromatic N) is 1. The van der Waals surface area contributed by atoms with E-state index in [0.29, 0.717) is 30.7 Å². The van der Waals surface area contributed by atoms with Crippen LogP contribution >= 0.6 is 11.6 Å². The van der Waals surface area contributed by atoms with Crippen LogP contribution in [0.25, 0.3) is 0 Å². The van der Waals surface area contributed by atoms with E-state index >= 15 is 0 Å². The van der Waals surface area contributed by atoms with Gasteiger partial charge < -0.3 is 14.8 Å². The summed E-state index contributed by atoms with van der Waals surface area (Å²) in [5.74, 6) is 0.587. The zero-order chi connectivity index (χ0) is 15.7. The van der Waals surface area contributed by atoms with Crippen molar-refractivity contribution in [3.8, 4) is 5.88 Å². The predicted molar refractivity (Wildman–Crippen MR) is 87.1 cm³/mol. The van der Waals surface area contributed by atoms with Gasteiger partial charge in [0.2, 0.25) is 5.88 Å². The molecule has 0 aromatic carbocycles. The van der Waals surface area contributed by atoms with Gasteiger partial charge in [0, 0.05) is 24.8 Å². The molecule has 1 aromatic rings. The van der Waals surface area contributed by atoms with Crippen molar-refractivity contribution in [1.29, 1.82) is 0 Å². The Morgan fingerprint density at radius 1 is 1.19 bits per heavy atom. The molecule has 1 rings (SSSR count). The molecular weight excluding hydrogens is 288 g/mol. The van der Waals surface area contributed by atoms with Crippen LogP contribution in [0.2, 0.25) is 5.02 Å². The third-order valence-electron chi connectivity index (χ3n) is 2.80. The molecule has 0 saturated heterocycles. The average Bonchev–Trinajstić information content (AvgIpc) is 2.42. The second kappa shape index (κ2) is 9.23. The maximum atomic E-state index is 6.16. The van der Waals surface area contributed by atoms with Gasteiger partial charge in [0.05, 0.1) is 17.3 Å². The van der Waals surface area contributed by atoms with Gasteiger partial charge in [0.15, 0.2) is 0 Å². The molecule has 4 nitrogen and oxygen atoms in total. The number of hydrogen-bond donors (Lipinski definition) is 1. The van der Waals surface area contributed by atoms with Crippen LogP contribution in [-0.2, 0) is 11.3 Å². The number of halogens is 1. The molecular formula is C16H27ClN2O2. The first-order valence-electron chi connectivity index (χ1n) is 7.53. The maximum absolute atomic E-state index is 6.16. The Bertz CT molecular complexity index is 419. The lowest BCUT2D eigenvalue weighted by Crippen LogP contribution is -2.35. The van der Waals surface area contributed by atoms with E-state index in [1.54, 1.807) is 6.07 Å². The average molecular weight is 315 g/mol. The molecule has 0 fully saturated rings. The second-order valence-corrected chi connectivity index (χ2v) is 6.40. The number of ether oxygens (including phenoxy) is 2. The van der Waals surface area contributed by atoms with Crippen LogP contribution in [0.15, 0.2) is 12.1 Å². The van der Waals surface area contributed by atoms with E-state index in [1.165, 1.54) is 0 Å². The minimum Gasteiger partial charge on any atom is -0.475 e. The Hall–Kier alpha value is -0.840. The van der Waals surface area contributed by atoms with Gasteiger partial charge in [-0.15, -0.1) is 0 Å². The van der Waals surface area contributed by atoms with E-state index in [0.717, 1.165) is 25.1 Å². The molecule has 1 heterocycles. The molecule has 120 valence electrons. The van der Waals surface area contributed by atoms with Crippen molar-refractivity contribution >= 4 is 11.6 Å². The van der Waals surface area contributed by atoms with Gasteiger partial charge in [-0.2, -0.15) is 0 Å². The largest absolute Gasteiger partial charge is 0.475 e. The van der Waals surface area contributed by atoms with E-state index in [2.05, 4.69) is 38.0 Å². The lowest BCUT2D eigenvalue weighted by atomic mass is 10.1. The maximum Gasteiger partial charge on any atom is 0.213 e. The van der Waals surface area contributed by atoms with Gasteiger partial charge in [0.1, 0.15) is 6.61 Å². The highest BCUT2D eigenvalue weighted by Crippen LogP contribution is 2.18. The second-order valence-electron chi connectivity index (χ2n) is 6.00. The first kappa shape index (κ1) is 18.2. The molecule has 1 N–H and O–H groups in total. The van der Waals surface area contributed by atoms with Crippen molar-refractivity contribution in [2.75, 3.05) is 19.8 Å². The van der Waals surface area contributed by atoms with Crippen molar-refractivity contribution in [3.05, 3.63) is 22.8 Å². The third-order valence-corrected chi connectivity index (χ3v) is 3.14. The summed E-state index contributed by atoms with van der Waals surface area (Å²) in [4.78, 5) is 4.44. The topological polar surface area (TPSA) is 43.4 Å². The van der Waals surface area contributed by atoms with Gasteiger partial charge in [-0.3, -0.25) is 0 Å². The highest BCUT2D eigenvalue weighted by atomic mass is 35.5. The minimum atomic E-state index is 0.0228. The van der Waals surface area contributed by atoms with Gasteiger partial charge in [-0.05, 0) is 33.3 Å². The smallest absolute Gasteiger partial charge is 0.213 e. The molecule has 1 aromatic heterocycles. The normalized spacial score (nSPS) is 11.7. The Morgan fingerprint density at radius 2 is 1.95 bits per heavy atom. The van der Waals surface area contributed by atoms with E-state index in [9.17, 15) is 0 Å². The quantitative estimate of drug-likeness (QED) is 0.704. The first-order valence-corrected chi connectivity index (χ1v) is 7.91. The van der Waals surface area contributed by atoms with E-state index in [1.807, 2.05) is 6.07 Å². The molecule has 0 bridgehead atoms. The zero-order valence-corrected chi connectivity index (χ0v) is 14.3. The molecule has 0 radical (unpaired) electrons. The molecule has 0 aliphatic rings. The summed E-state index contributed by atoms with van der Waals surface area (Å²) in [5, 5.41) is 4.02. The third kappa shape index (κ3) is 8.24. The molecule has 0 saturated carbocycles. The number of hydrogen-bond acceptors (Lipinski definition) is 4. The summed E-state index contributed by atoms with van der Waals surface area (Å²) in [6, 6.07) is 3.61. The Labute approximate surface area is 133 Å². The molecule has 0 amide bonds.